The number of phenols is 1. The molecule has 3 nitrogen and oxygen atoms in total. The molecule has 0 atom stereocenters. The highest BCUT2D eigenvalue weighted by atomic mass is 35.5. The summed E-state index contributed by atoms with van der Waals surface area (Å²) in [7, 11) is 0. The quantitative estimate of drug-likeness (QED) is 0.797. The smallest absolute Gasteiger partial charge is 0.341 e. The molecule has 23 heavy (non-hydrogen) atoms. The van der Waals surface area contributed by atoms with Gasteiger partial charge >= 0.3 is 5.97 Å². The maximum Gasteiger partial charge on any atom is 0.341 e. The summed E-state index contributed by atoms with van der Waals surface area (Å²) in [5.74, 6) is -0.662. The van der Waals surface area contributed by atoms with Crippen LogP contribution in [0, 0.1) is 0 Å². The van der Waals surface area contributed by atoms with Crippen molar-refractivity contribution in [1.29, 1.82) is 0 Å². The minimum Gasteiger partial charge on any atom is -0.506 e. The predicted molar refractivity (Wildman–Crippen MR) is 90.3 cm³/mol. The van der Waals surface area contributed by atoms with Gasteiger partial charge in [-0.25, -0.2) is 4.79 Å². The van der Waals surface area contributed by atoms with E-state index in [4.69, 9.17) is 27.9 Å². The van der Waals surface area contributed by atoms with Crippen LogP contribution in [0.25, 0.3) is 0 Å². The number of aromatic hydroxyl groups is 1. The molecule has 0 spiro atoms. The van der Waals surface area contributed by atoms with E-state index >= 15 is 0 Å². The average Bonchev–Trinajstić information content (AvgIpc) is 2.59. The average molecular weight is 351 g/mol. The van der Waals surface area contributed by atoms with Crippen LogP contribution in [0.5, 0.6) is 5.75 Å². The van der Waals surface area contributed by atoms with Gasteiger partial charge in [0.25, 0.3) is 0 Å². The van der Waals surface area contributed by atoms with Crippen molar-refractivity contribution in [3.63, 3.8) is 0 Å². The molecule has 0 bridgehead atoms. The van der Waals surface area contributed by atoms with Crippen LogP contribution >= 0.6 is 23.2 Å². The van der Waals surface area contributed by atoms with Crippen LogP contribution in [0.4, 0.5) is 0 Å². The van der Waals surface area contributed by atoms with Gasteiger partial charge in [0.1, 0.15) is 17.9 Å². The lowest BCUT2D eigenvalue weighted by molar-refractivity contribution is 0.0472. The van der Waals surface area contributed by atoms with Crippen LogP contribution in [-0.2, 0) is 24.2 Å². The zero-order valence-corrected chi connectivity index (χ0v) is 14.0. The fourth-order valence-corrected chi connectivity index (χ4v) is 3.60. The summed E-state index contributed by atoms with van der Waals surface area (Å²) >= 11 is 12.6. The standard InChI is InChI=1S/C18H16Cl2O3/c19-15-12-8-4-5-9-13(12)17(21)16(20)14(15)18(22)23-10-11-6-2-1-3-7-11/h1-3,6-7,21H,4-5,8-10H2. The summed E-state index contributed by atoms with van der Waals surface area (Å²) in [6, 6.07) is 9.35. The Hall–Kier alpha value is -1.71. The Morgan fingerprint density at radius 1 is 1.04 bits per heavy atom. The first-order valence-electron chi connectivity index (χ1n) is 7.52. The third kappa shape index (κ3) is 3.17. The lowest BCUT2D eigenvalue weighted by atomic mass is 9.89. The molecule has 1 aliphatic rings. The molecule has 3 rings (SSSR count). The van der Waals surface area contributed by atoms with Crippen molar-refractivity contribution in [3.8, 4) is 5.75 Å². The van der Waals surface area contributed by atoms with Gasteiger partial charge in [-0.1, -0.05) is 53.5 Å². The zero-order chi connectivity index (χ0) is 16.4. The molecule has 2 aromatic carbocycles. The highest BCUT2D eigenvalue weighted by Crippen LogP contribution is 2.43. The number of halogens is 2. The van der Waals surface area contributed by atoms with E-state index in [9.17, 15) is 9.90 Å². The van der Waals surface area contributed by atoms with Crippen LogP contribution < -0.4 is 0 Å². The van der Waals surface area contributed by atoms with Crippen molar-refractivity contribution >= 4 is 29.2 Å². The van der Waals surface area contributed by atoms with E-state index in [1.807, 2.05) is 30.3 Å². The minimum absolute atomic E-state index is 0.0197. The number of hydrogen-bond donors (Lipinski definition) is 1. The molecule has 0 radical (unpaired) electrons. The normalized spacial score (nSPS) is 13.5. The molecule has 0 saturated carbocycles. The largest absolute Gasteiger partial charge is 0.506 e. The van der Waals surface area contributed by atoms with Crippen LogP contribution in [0.15, 0.2) is 30.3 Å². The van der Waals surface area contributed by atoms with E-state index in [0.29, 0.717) is 5.02 Å². The maximum absolute atomic E-state index is 12.4. The van der Waals surface area contributed by atoms with Crippen LogP contribution in [-0.4, -0.2) is 11.1 Å². The van der Waals surface area contributed by atoms with E-state index in [0.717, 1.165) is 42.4 Å². The highest BCUT2D eigenvalue weighted by molar-refractivity contribution is 6.41. The molecule has 120 valence electrons. The van der Waals surface area contributed by atoms with E-state index in [1.165, 1.54) is 0 Å². The SMILES string of the molecule is O=C(OCc1ccccc1)c1c(Cl)c(O)c2c(c1Cl)CCCC2. The Bertz CT molecular complexity index is 742. The first-order chi connectivity index (χ1) is 11.1. The summed E-state index contributed by atoms with van der Waals surface area (Å²) < 4.78 is 5.30. The number of hydrogen-bond acceptors (Lipinski definition) is 3. The Morgan fingerprint density at radius 2 is 1.70 bits per heavy atom. The van der Waals surface area contributed by atoms with Crippen molar-refractivity contribution < 1.29 is 14.6 Å². The topological polar surface area (TPSA) is 46.5 Å². The van der Waals surface area contributed by atoms with Gasteiger partial charge in [0.15, 0.2) is 0 Å². The summed E-state index contributed by atoms with van der Waals surface area (Å²) in [6.45, 7) is 0.129. The summed E-state index contributed by atoms with van der Waals surface area (Å²) in [4.78, 5) is 12.4. The monoisotopic (exact) mass is 350 g/mol. The van der Waals surface area contributed by atoms with Gasteiger partial charge in [-0.2, -0.15) is 0 Å². The van der Waals surface area contributed by atoms with E-state index in [1.54, 1.807) is 0 Å². The van der Waals surface area contributed by atoms with Gasteiger partial charge in [0, 0.05) is 5.56 Å². The lowest BCUT2D eigenvalue weighted by Crippen LogP contribution is -2.12. The molecule has 0 saturated heterocycles. The molecule has 2 aromatic rings. The van der Waals surface area contributed by atoms with Crippen molar-refractivity contribution in [2.24, 2.45) is 0 Å². The number of benzene rings is 2. The van der Waals surface area contributed by atoms with Crippen molar-refractivity contribution in [2.45, 2.75) is 32.3 Å². The van der Waals surface area contributed by atoms with Gasteiger partial charge in [0.2, 0.25) is 0 Å². The minimum atomic E-state index is -0.618. The molecule has 5 heteroatoms. The summed E-state index contributed by atoms with van der Waals surface area (Å²) in [6.07, 6.45) is 3.41. The molecule has 0 aliphatic heterocycles. The highest BCUT2D eigenvalue weighted by Gasteiger charge is 2.28. The van der Waals surface area contributed by atoms with E-state index < -0.39 is 5.97 Å². The number of ether oxygens (including phenoxy) is 1. The molecule has 0 unspecified atom stereocenters. The second-order valence-electron chi connectivity index (χ2n) is 5.58. The van der Waals surface area contributed by atoms with Gasteiger partial charge in [-0.3, -0.25) is 0 Å². The number of carbonyl (C=O) groups is 1. The second kappa shape index (κ2) is 6.81. The Balaban J connectivity index is 1.90. The Morgan fingerprint density at radius 3 is 2.39 bits per heavy atom. The second-order valence-corrected chi connectivity index (χ2v) is 6.33. The van der Waals surface area contributed by atoms with E-state index in [-0.39, 0.29) is 22.9 Å². The summed E-state index contributed by atoms with van der Waals surface area (Å²) in [5.41, 5.74) is 2.50. The number of phenolic OH excluding ortho intramolecular Hbond substituents is 1. The third-order valence-corrected chi connectivity index (χ3v) is 4.87. The fraction of sp³-hybridized carbons (Fsp3) is 0.278. The number of rotatable bonds is 3. The van der Waals surface area contributed by atoms with Crippen LogP contribution in [0.3, 0.4) is 0 Å². The Labute approximate surface area is 144 Å². The van der Waals surface area contributed by atoms with Gasteiger partial charge < -0.3 is 9.84 Å². The van der Waals surface area contributed by atoms with E-state index in [2.05, 4.69) is 0 Å². The molecule has 1 aliphatic carbocycles. The first kappa shape index (κ1) is 16.2. The fourth-order valence-electron chi connectivity index (χ4n) is 2.88. The molecular formula is C18H16Cl2O3. The zero-order valence-electron chi connectivity index (χ0n) is 12.4. The maximum atomic E-state index is 12.4. The van der Waals surface area contributed by atoms with Crippen molar-refractivity contribution in [2.75, 3.05) is 0 Å². The Kier molecular flexibility index (Phi) is 4.79. The van der Waals surface area contributed by atoms with Crippen molar-refractivity contribution in [1.82, 2.24) is 0 Å². The van der Waals surface area contributed by atoms with Crippen LogP contribution in [0.2, 0.25) is 10.0 Å². The molecule has 0 amide bonds. The van der Waals surface area contributed by atoms with Gasteiger partial charge in [-0.15, -0.1) is 0 Å². The summed E-state index contributed by atoms with van der Waals surface area (Å²) in [5, 5.41) is 10.6. The molecule has 0 heterocycles. The van der Waals surface area contributed by atoms with Crippen LogP contribution in [0.1, 0.15) is 39.9 Å². The molecule has 0 fully saturated rings. The van der Waals surface area contributed by atoms with Crippen molar-refractivity contribution in [3.05, 3.63) is 62.6 Å². The molecule has 0 aromatic heterocycles. The third-order valence-electron chi connectivity index (χ3n) is 4.08. The molecular weight excluding hydrogens is 335 g/mol. The number of carbonyl (C=O) groups excluding carboxylic acids is 1. The first-order valence-corrected chi connectivity index (χ1v) is 8.28. The predicted octanol–water partition coefficient (Wildman–Crippen LogP) is 4.93. The molecule has 1 N–H and O–H groups in total. The lowest BCUT2D eigenvalue weighted by Gasteiger charge is -2.21. The number of esters is 1. The van der Waals surface area contributed by atoms with Gasteiger partial charge in [0.05, 0.1) is 10.0 Å². The van der Waals surface area contributed by atoms with Gasteiger partial charge in [-0.05, 0) is 36.8 Å². The number of fused-ring (bicyclic) bond motifs is 1.